The third-order valence-electron chi connectivity index (χ3n) is 3.73. The summed E-state index contributed by atoms with van der Waals surface area (Å²) in [5.74, 6) is -0.509. The third kappa shape index (κ3) is 3.76. The van der Waals surface area contributed by atoms with Crippen LogP contribution in [0.5, 0.6) is 5.75 Å². The first-order chi connectivity index (χ1) is 12.9. The van der Waals surface area contributed by atoms with Crippen LogP contribution < -0.4 is 4.74 Å². The molecule has 2 aromatic rings. The Morgan fingerprint density at radius 2 is 1.81 bits per heavy atom. The van der Waals surface area contributed by atoms with Crippen LogP contribution in [-0.2, 0) is 14.3 Å². The van der Waals surface area contributed by atoms with Crippen molar-refractivity contribution in [1.82, 2.24) is 5.01 Å². The predicted molar refractivity (Wildman–Crippen MR) is 93.7 cm³/mol. The van der Waals surface area contributed by atoms with Crippen molar-refractivity contribution in [2.45, 2.75) is 20.1 Å². The van der Waals surface area contributed by atoms with Gasteiger partial charge in [-0.2, -0.15) is 5.01 Å². The molecule has 1 atom stereocenters. The highest BCUT2D eigenvalue weighted by Gasteiger charge is 2.35. The number of non-ortho nitro benzene ring substituents is 1. The van der Waals surface area contributed by atoms with E-state index in [1.807, 2.05) is 0 Å². The van der Waals surface area contributed by atoms with Gasteiger partial charge in [-0.05, 0) is 24.3 Å². The van der Waals surface area contributed by atoms with Crippen LogP contribution in [0.3, 0.4) is 0 Å². The molecule has 0 aromatic heterocycles. The van der Waals surface area contributed by atoms with E-state index >= 15 is 0 Å². The lowest BCUT2D eigenvalue weighted by molar-refractivity contribution is -0.384. The maximum Gasteiger partial charge on any atom is 0.308 e. The number of rotatable bonds is 4. The molecule has 0 saturated heterocycles. The van der Waals surface area contributed by atoms with Gasteiger partial charge < -0.3 is 9.47 Å². The number of carbonyl (C=O) groups excluding carboxylic acids is 2. The van der Waals surface area contributed by atoms with E-state index in [9.17, 15) is 19.7 Å². The number of nitro groups is 1. The molecule has 1 aliphatic heterocycles. The number of ether oxygens (including phenoxy) is 2. The largest absolute Gasteiger partial charge is 0.446 e. The van der Waals surface area contributed by atoms with E-state index in [4.69, 9.17) is 9.47 Å². The summed E-state index contributed by atoms with van der Waals surface area (Å²) in [6.07, 6.45) is -0.928. The summed E-state index contributed by atoms with van der Waals surface area (Å²) in [5.41, 5.74) is 0.848. The number of hydrogen-bond donors (Lipinski definition) is 0. The molecule has 9 nitrogen and oxygen atoms in total. The second-order valence-corrected chi connectivity index (χ2v) is 5.67. The Morgan fingerprint density at radius 1 is 1.15 bits per heavy atom. The fraction of sp³-hybridized carbons (Fsp3) is 0.167. The summed E-state index contributed by atoms with van der Waals surface area (Å²) in [4.78, 5) is 33.6. The van der Waals surface area contributed by atoms with Crippen molar-refractivity contribution in [3.63, 3.8) is 0 Å². The summed E-state index contributed by atoms with van der Waals surface area (Å²) in [6.45, 7) is 2.60. The van der Waals surface area contributed by atoms with Gasteiger partial charge >= 0.3 is 5.97 Å². The molecule has 2 aromatic carbocycles. The first kappa shape index (κ1) is 18.1. The SMILES string of the molecule is CC(=O)Oc1ccccc1[C@H]1OC(c2ccc([N+](=O)[O-])cc2)=NN1C(C)=O. The summed E-state index contributed by atoms with van der Waals surface area (Å²) in [6, 6.07) is 12.3. The molecule has 0 saturated carbocycles. The summed E-state index contributed by atoms with van der Waals surface area (Å²) >= 11 is 0. The van der Waals surface area contributed by atoms with Crippen LogP contribution in [0, 0.1) is 10.1 Å². The number of hydrogen-bond acceptors (Lipinski definition) is 7. The highest BCUT2D eigenvalue weighted by atomic mass is 16.6. The molecule has 9 heteroatoms. The lowest BCUT2D eigenvalue weighted by Crippen LogP contribution is -2.26. The normalized spacial score (nSPS) is 15.7. The van der Waals surface area contributed by atoms with Crippen molar-refractivity contribution in [1.29, 1.82) is 0 Å². The van der Waals surface area contributed by atoms with Crippen molar-refractivity contribution in [2.24, 2.45) is 5.10 Å². The van der Waals surface area contributed by atoms with Gasteiger partial charge in [0.05, 0.1) is 10.5 Å². The minimum Gasteiger partial charge on any atom is -0.446 e. The van der Waals surface area contributed by atoms with Gasteiger partial charge in [-0.25, -0.2) is 0 Å². The average molecular weight is 369 g/mol. The summed E-state index contributed by atoms with van der Waals surface area (Å²) in [5, 5.41) is 16.1. The Morgan fingerprint density at radius 3 is 2.41 bits per heavy atom. The van der Waals surface area contributed by atoms with Crippen LogP contribution in [0.2, 0.25) is 0 Å². The molecular weight excluding hydrogens is 354 g/mol. The van der Waals surface area contributed by atoms with Crippen molar-refractivity contribution in [3.05, 3.63) is 69.8 Å². The molecule has 0 radical (unpaired) electrons. The van der Waals surface area contributed by atoms with Gasteiger partial charge in [0.1, 0.15) is 5.75 Å². The molecule has 27 heavy (non-hydrogen) atoms. The molecule has 3 rings (SSSR count). The van der Waals surface area contributed by atoms with Crippen LogP contribution in [0.15, 0.2) is 53.6 Å². The number of hydrazone groups is 1. The zero-order valence-corrected chi connectivity index (χ0v) is 14.5. The van der Waals surface area contributed by atoms with Crippen LogP contribution in [0.25, 0.3) is 0 Å². The fourth-order valence-corrected chi connectivity index (χ4v) is 2.54. The van der Waals surface area contributed by atoms with Gasteiger partial charge in [-0.15, -0.1) is 5.10 Å². The number of nitrogens with zero attached hydrogens (tertiary/aromatic N) is 3. The van der Waals surface area contributed by atoms with E-state index in [-0.39, 0.29) is 23.2 Å². The molecule has 0 unspecified atom stereocenters. The van der Waals surface area contributed by atoms with Crippen LogP contribution in [0.4, 0.5) is 5.69 Å². The van der Waals surface area contributed by atoms with Crippen molar-refractivity contribution in [3.8, 4) is 5.75 Å². The minimum atomic E-state index is -0.928. The Bertz CT molecular complexity index is 938. The molecule has 0 aliphatic carbocycles. The smallest absolute Gasteiger partial charge is 0.308 e. The standard InChI is InChI=1S/C18H15N3O6/c1-11(22)20-18(15-5-3-4-6-16(15)26-12(2)23)27-17(19-20)13-7-9-14(10-8-13)21(24)25/h3-10,18H,1-2H3/t18-/m1/s1. The second kappa shape index (κ2) is 7.24. The Balaban J connectivity index is 1.94. The zero-order valence-electron chi connectivity index (χ0n) is 14.5. The summed E-state index contributed by atoms with van der Waals surface area (Å²) < 4.78 is 11.0. The number of esters is 1. The van der Waals surface area contributed by atoms with E-state index in [2.05, 4.69) is 5.10 Å². The minimum absolute atomic E-state index is 0.0717. The predicted octanol–water partition coefficient (Wildman–Crippen LogP) is 2.76. The number of benzene rings is 2. The van der Waals surface area contributed by atoms with Gasteiger partial charge in [-0.3, -0.25) is 19.7 Å². The maximum atomic E-state index is 12.0. The molecule has 0 fully saturated rings. The average Bonchev–Trinajstić information content (AvgIpc) is 3.07. The van der Waals surface area contributed by atoms with Crippen molar-refractivity contribution < 1.29 is 24.0 Å². The molecule has 1 amide bonds. The number of carbonyl (C=O) groups is 2. The second-order valence-electron chi connectivity index (χ2n) is 5.67. The van der Waals surface area contributed by atoms with Crippen LogP contribution >= 0.6 is 0 Å². The highest BCUT2D eigenvalue weighted by Crippen LogP contribution is 2.35. The van der Waals surface area contributed by atoms with Crippen LogP contribution in [0.1, 0.15) is 31.2 Å². The topological polar surface area (TPSA) is 111 Å². The van der Waals surface area contributed by atoms with Gasteiger partial charge in [-0.1, -0.05) is 12.1 Å². The zero-order chi connectivity index (χ0) is 19.6. The van der Waals surface area contributed by atoms with Crippen molar-refractivity contribution >= 4 is 23.5 Å². The molecule has 0 N–H and O–H groups in total. The lowest BCUT2D eigenvalue weighted by Gasteiger charge is -2.21. The molecule has 138 valence electrons. The first-order valence-electron chi connectivity index (χ1n) is 7.94. The molecule has 1 heterocycles. The van der Waals surface area contributed by atoms with E-state index < -0.39 is 17.1 Å². The molecule has 0 bridgehead atoms. The first-order valence-corrected chi connectivity index (χ1v) is 7.94. The third-order valence-corrected chi connectivity index (χ3v) is 3.73. The summed E-state index contributed by atoms with van der Waals surface area (Å²) in [7, 11) is 0. The molecular formula is C18H15N3O6. The Kier molecular flexibility index (Phi) is 4.84. The van der Waals surface area contributed by atoms with E-state index in [1.54, 1.807) is 24.3 Å². The molecule has 0 spiro atoms. The van der Waals surface area contributed by atoms with Gasteiger partial charge in [0.2, 0.25) is 18.0 Å². The highest BCUT2D eigenvalue weighted by molar-refractivity contribution is 5.96. The van der Waals surface area contributed by atoms with Crippen molar-refractivity contribution in [2.75, 3.05) is 0 Å². The van der Waals surface area contributed by atoms with Gasteiger partial charge in [0.15, 0.2) is 0 Å². The lowest BCUT2D eigenvalue weighted by atomic mass is 10.1. The maximum absolute atomic E-state index is 12.0. The molecule has 1 aliphatic rings. The fourth-order valence-electron chi connectivity index (χ4n) is 2.54. The number of amides is 1. The number of nitro benzene ring substituents is 1. The van der Waals surface area contributed by atoms with E-state index in [0.717, 1.165) is 5.01 Å². The Labute approximate surface area is 154 Å². The quantitative estimate of drug-likeness (QED) is 0.355. The van der Waals surface area contributed by atoms with Gasteiger partial charge in [0.25, 0.3) is 5.69 Å². The monoisotopic (exact) mass is 369 g/mol. The Hall–Kier alpha value is -3.75. The van der Waals surface area contributed by atoms with E-state index in [0.29, 0.717) is 11.1 Å². The van der Waals surface area contributed by atoms with Crippen LogP contribution in [-0.4, -0.2) is 27.7 Å². The number of para-hydroxylation sites is 1. The van der Waals surface area contributed by atoms with Gasteiger partial charge in [0, 0.05) is 31.5 Å². The van der Waals surface area contributed by atoms with E-state index in [1.165, 1.54) is 38.1 Å².